The average Bonchev–Trinajstić information content (AvgIpc) is 3.38. The van der Waals surface area contributed by atoms with Crippen LogP contribution in [0.5, 0.6) is 0 Å². The Morgan fingerprint density at radius 2 is 1.94 bits per heavy atom. The van der Waals surface area contributed by atoms with Crippen molar-refractivity contribution in [3.05, 3.63) is 78.1 Å². The zero-order valence-electron chi connectivity index (χ0n) is 18.2. The minimum Gasteiger partial charge on any atom is -0.379 e. The molecule has 5 heterocycles. The quantitative estimate of drug-likeness (QED) is 0.582. The molecule has 0 unspecified atom stereocenters. The molecule has 2 saturated heterocycles. The first-order chi connectivity index (χ1) is 15.7. The molecule has 3 aromatic rings. The fourth-order valence-corrected chi connectivity index (χ4v) is 5.00. The number of hydrogen-bond donors (Lipinski definition) is 1. The van der Waals surface area contributed by atoms with E-state index in [0.717, 1.165) is 55.9 Å². The highest BCUT2D eigenvalue weighted by molar-refractivity contribution is 7.80. The second-order valence-corrected chi connectivity index (χ2v) is 8.61. The maximum absolute atomic E-state index is 5.85. The highest BCUT2D eigenvalue weighted by atomic mass is 32.1. The van der Waals surface area contributed by atoms with E-state index in [4.69, 9.17) is 17.0 Å². The Morgan fingerprint density at radius 3 is 2.69 bits per heavy atom. The molecule has 0 aliphatic carbocycles. The third-order valence-corrected chi connectivity index (χ3v) is 6.62. The third kappa shape index (κ3) is 4.13. The summed E-state index contributed by atoms with van der Waals surface area (Å²) in [5.41, 5.74) is 4.39. The second kappa shape index (κ2) is 9.36. The first-order valence-corrected chi connectivity index (χ1v) is 11.5. The number of nitrogens with zero attached hydrogens (tertiary/aromatic N) is 5. The Kier molecular flexibility index (Phi) is 6.16. The van der Waals surface area contributed by atoms with Crippen molar-refractivity contribution in [3.63, 3.8) is 0 Å². The van der Waals surface area contributed by atoms with Gasteiger partial charge < -0.3 is 19.5 Å². The van der Waals surface area contributed by atoms with Crippen molar-refractivity contribution >= 4 is 17.3 Å². The number of hydrogen-bond acceptors (Lipinski definition) is 5. The summed E-state index contributed by atoms with van der Waals surface area (Å²) in [5, 5.41) is 4.34. The lowest BCUT2D eigenvalue weighted by Gasteiger charge is -2.32. The number of rotatable bonds is 6. The van der Waals surface area contributed by atoms with Crippen molar-refractivity contribution in [1.82, 2.24) is 29.7 Å². The van der Waals surface area contributed by atoms with Crippen LogP contribution in [0.2, 0.25) is 0 Å². The van der Waals surface area contributed by atoms with Crippen molar-refractivity contribution in [1.29, 1.82) is 0 Å². The normalized spacial score (nSPS) is 21.7. The summed E-state index contributed by atoms with van der Waals surface area (Å²) >= 11 is 5.85. The standard InChI is InChI=1S/C24H28N6OS/c1-18-7-8-21(30(18)19-5-4-9-25-17-19)23-22(20-6-2-3-10-26-20)27-24(32)29(23)12-11-28-13-15-31-16-14-28/h2-10,17,22-23H,11-16H2,1H3,(H,27,32)/t22-,23+/m1/s1. The third-order valence-electron chi connectivity index (χ3n) is 6.27. The van der Waals surface area contributed by atoms with E-state index < -0.39 is 0 Å². The smallest absolute Gasteiger partial charge is 0.170 e. The van der Waals surface area contributed by atoms with E-state index in [1.54, 1.807) is 6.20 Å². The van der Waals surface area contributed by atoms with E-state index in [0.29, 0.717) is 0 Å². The molecule has 2 aliphatic heterocycles. The molecule has 0 saturated carbocycles. The number of aryl methyl sites for hydroxylation is 1. The molecule has 8 heteroatoms. The number of aromatic nitrogens is 3. The van der Waals surface area contributed by atoms with E-state index in [9.17, 15) is 0 Å². The highest BCUT2D eigenvalue weighted by Crippen LogP contribution is 2.40. The number of ether oxygens (including phenoxy) is 1. The molecule has 0 bridgehead atoms. The van der Waals surface area contributed by atoms with Gasteiger partial charge >= 0.3 is 0 Å². The van der Waals surface area contributed by atoms with Gasteiger partial charge in [-0.15, -0.1) is 0 Å². The van der Waals surface area contributed by atoms with Gasteiger partial charge in [-0.25, -0.2) is 0 Å². The van der Waals surface area contributed by atoms with Gasteiger partial charge in [0.15, 0.2) is 5.11 Å². The van der Waals surface area contributed by atoms with Crippen molar-refractivity contribution < 1.29 is 4.74 Å². The van der Waals surface area contributed by atoms with Gasteiger partial charge in [0.1, 0.15) is 0 Å². The Bertz CT molecular complexity index is 1050. The van der Waals surface area contributed by atoms with Gasteiger partial charge in [-0.3, -0.25) is 14.9 Å². The Balaban J connectivity index is 1.52. The van der Waals surface area contributed by atoms with Gasteiger partial charge in [-0.2, -0.15) is 0 Å². The van der Waals surface area contributed by atoms with Gasteiger partial charge in [0.2, 0.25) is 0 Å². The summed E-state index contributed by atoms with van der Waals surface area (Å²) < 4.78 is 7.80. The molecule has 2 fully saturated rings. The molecule has 2 atom stereocenters. The van der Waals surface area contributed by atoms with E-state index in [2.05, 4.69) is 60.8 Å². The van der Waals surface area contributed by atoms with E-state index >= 15 is 0 Å². The molecule has 0 aromatic carbocycles. The van der Waals surface area contributed by atoms with Gasteiger partial charge in [0, 0.05) is 50.0 Å². The fraction of sp³-hybridized carbons (Fsp3) is 0.375. The van der Waals surface area contributed by atoms with Crippen molar-refractivity contribution in [3.8, 4) is 5.69 Å². The van der Waals surface area contributed by atoms with Crippen LogP contribution in [-0.4, -0.2) is 68.8 Å². The second-order valence-electron chi connectivity index (χ2n) is 8.22. The number of nitrogens with one attached hydrogen (secondary N) is 1. The average molecular weight is 449 g/mol. The van der Waals surface area contributed by atoms with E-state index in [-0.39, 0.29) is 12.1 Å². The monoisotopic (exact) mass is 448 g/mol. The molecule has 5 rings (SSSR count). The predicted octanol–water partition coefficient (Wildman–Crippen LogP) is 2.88. The summed E-state index contributed by atoms with van der Waals surface area (Å²) in [6.07, 6.45) is 5.56. The lowest BCUT2D eigenvalue weighted by atomic mass is 10.0. The van der Waals surface area contributed by atoms with Crippen LogP contribution in [0.15, 0.2) is 61.1 Å². The van der Waals surface area contributed by atoms with Gasteiger partial charge in [-0.1, -0.05) is 6.07 Å². The SMILES string of the molecule is Cc1ccc([C@H]2[C@@H](c3ccccn3)NC(=S)N2CCN2CCOCC2)n1-c1cccnc1. The summed E-state index contributed by atoms with van der Waals surface area (Å²) in [7, 11) is 0. The van der Waals surface area contributed by atoms with Crippen molar-refractivity contribution in [2.45, 2.75) is 19.0 Å². The first kappa shape index (κ1) is 21.1. The fourth-order valence-electron chi connectivity index (χ4n) is 4.67. The summed E-state index contributed by atoms with van der Waals surface area (Å²) in [4.78, 5) is 13.8. The topological polar surface area (TPSA) is 58.5 Å². The summed E-state index contributed by atoms with van der Waals surface area (Å²) in [6, 6.07) is 14.5. The van der Waals surface area contributed by atoms with Crippen LogP contribution in [0.1, 0.15) is 29.2 Å². The highest BCUT2D eigenvalue weighted by Gasteiger charge is 2.41. The lowest BCUT2D eigenvalue weighted by Crippen LogP contribution is -2.42. The molecule has 0 spiro atoms. The minimum absolute atomic E-state index is 0.0207. The molecule has 1 N–H and O–H groups in total. The molecule has 2 aliphatic rings. The van der Waals surface area contributed by atoms with Gasteiger partial charge in [-0.05, 0) is 55.5 Å². The Labute approximate surface area is 194 Å². The Hall–Kier alpha value is -2.81. The minimum atomic E-state index is -0.0295. The van der Waals surface area contributed by atoms with E-state index in [1.807, 2.05) is 30.6 Å². The molecule has 3 aromatic heterocycles. The van der Waals surface area contributed by atoms with Crippen molar-refractivity contribution in [2.75, 3.05) is 39.4 Å². The Morgan fingerprint density at radius 1 is 1.06 bits per heavy atom. The zero-order chi connectivity index (χ0) is 21.9. The van der Waals surface area contributed by atoms with Crippen LogP contribution in [0, 0.1) is 6.92 Å². The molecule has 32 heavy (non-hydrogen) atoms. The number of morpholine rings is 1. The molecular formula is C24H28N6OS. The van der Waals surface area contributed by atoms with Crippen LogP contribution >= 0.6 is 12.2 Å². The first-order valence-electron chi connectivity index (χ1n) is 11.1. The number of pyridine rings is 2. The van der Waals surface area contributed by atoms with Crippen LogP contribution < -0.4 is 5.32 Å². The largest absolute Gasteiger partial charge is 0.379 e. The van der Waals surface area contributed by atoms with Crippen LogP contribution in [0.3, 0.4) is 0 Å². The molecular weight excluding hydrogens is 420 g/mol. The molecule has 166 valence electrons. The van der Waals surface area contributed by atoms with Gasteiger partial charge in [0.25, 0.3) is 0 Å². The maximum atomic E-state index is 5.85. The molecule has 0 radical (unpaired) electrons. The summed E-state index contributed by atoms with van der Waals surface area (Å²) in [5.74, 6) is 0. The number of thiocarbonyl (C=S) groups is 1. The molecule has 0 amide bonds. The predicted molar refractivity (Wildman–Crippen MR) is 128 cm³/mol. The van der Waals surface area contributed by atoms with Crippen LogP contribution in [0.25, 0.3) is 5.69 Å². The lowest BCUT2D eigenvalue weighted by molar-refractivity contribution is 0.0349. The van der Waals surface area contributed by atoms with E-state index in [1.165, 1.54) is 11.4 Å². The van der Waals surface area contributed by atoms with Crippen molar-refractivity contribution in [2.24, 2.45) is 0 Å². The van der Waals surface area contributed by atoms with Crippen LogP contribution in [-0.2, 0) is 4.74 Å². The maximum Gasteiger partial charge on any atom is 0.170 e. The molecule has 7 nitrogen and oxygen atoms in total. The summed E-state index contributed by atoms with van der Waals surface area (Å²) in [6.45, 7) is 7.45. The van der Waals surface area contributed by atoms with Gasteiger partial charge in [0.05, 0.1) is 42.9 Å². The van der Waals surface area contributed by atoms with Crippen LogP contribution in [0.4, 0.5) is 0 Å². The zero-order valence-corrected chi connectivity index (χ0v) is 19.0.